The minimum absolute atomic E-state index is 0.0251. The molecule has 2 unspecified atom stereocenters. The Labute approximate surface area is 59.0 Å². The summed E-state index contributed by atoms with van der Waals surface area (Å²) in [5.41, 5.74) is 0. The van der Waals surface area contributed by atoms with Crippen molar-refractivity contribution >= 4 is 11.6 Å². The van der Waals surface area contributed by atoms with Gasteiger partial charge in [0.05, 0.1) is 5.92 Å². The Morgan fingerprint density at radius 3 is 2.40 bits per heavy atom. The first-order chi connectivity index (χ1) is 4.66. The van der Waals surface area contributed by atoms with Crippen LogP contribution in [0.15, 0.2) is 0 Å². The van der Waals surface area contributed by atoms with Crippen molar-refractivity contribution in [2.75, 3.05) is 0 Å². The molecule has 0 spiro atoms. The molecule has 0 amide bonds. The van der Waals surface area contributed by atoms with Gasteiger partial charge in [0.2, 0.25) is 0 Å². The molecule has 0 aromatic heterocycles. The molecule has 1 aliphatic carbocycles. The molecule has 1 aliphatic rings. The third-order valence-electron chi connectivity index (χ3n) is 1.86. The van der Waals surface area contributed by atoms with Crippen LogP contribution in [0.5, 0.6) is 0 Å². The predicted molar refractivity (Wildman–Crippen MR) is 34.4 cm³/mol. The molecule has 1 saturated carbocycles. The molecule has 1 N–H and O–H groups in total. The van der Waals surface area contributed by atoms with Crippen LogP contribution < -0.4 is 0 Å². The molecule has 3 nitrogen and oxygen atoms in total. The number of ketones is 2. The van der Waals surface area contributed by atoms with Crippen molar-refractivity contribution in [3.63, 3.8) is 0 Å². The Morgan fingerprint density at radius 2 is 2.20 bits per heavy atom. The van der Waals surface area contributed by atoms with Gasteiger partial charge < -0.3 is 5.11 Å². The van der Waals surface area contributed by atoms with E-state index < -0.39 is 12.0 Å². The molecule has 0 radical (unpaired) electrons. The second-order valence-corrected chi connectivity index (χ2v) is 2.55. The highest BCUT2D eigenvalue weighted by atomic mass is 16.3. The standard InChI is InChI=1S/C7H10O3/c1-2-4-5(8)3-6(9)7(4)10/h4,6,9H,2-3H2,1H3. The van der Waals surface area contributed by atoms with E-state index in [9.17, 15) is 9.59 Å². The molecule has 0 bridgehead atoms. The van der Waals surface area contributed by atoms with Crippen LogP contribution in [0.1, 0.15) is 19.8 Å². The van der Waals surface area contributed by atoms with Gasteiger partial charge in [0.15, 0.2) is 5.78 Å². The van der Waals surface area contributed by atoms with E-state index in [1.165, 1.54) is 0 Å². The van der Waals surface area contributed by atoms with Crippen LogP contribution in [0.4, 0.5) is 0 Å². The first kappa shape index (κ1) is 7.41. The van der Waals surface area contributed by atoms with E-state index in [-0.39, 0.29) is 18.0 Å². The zero-order valence-corrected chi connectivity index (χ0v) is 5.83. The van der Waals surface area contributed by atoms with Crippen LogP contribution in [0.3, 0.4) is 0 Å². The monoisotopic (exact) mass is 142 g/mol. The van der Waals surface area contributed by atoms with E-state index in [4.69, 9.17) is 5.11 Å². The molecule has 10 heavy (non-hydrogen) atoms. The molecule has 0 aromatic carbocycles. The van der Waals surface area contributed by atoms with Gasteiger partial charge in [-0.15, -0.1) is 0 Å². The zero-order chi connectivity index (χ0) is 7.72. The van der Waals surface area contributed by atoms with Gasteiger partial charge >= 0.3 is 0 Å². The quantitative estimate of drug-likeness (QED) is 0.521. The molecule has 2 atom stereocenters. The van der Waals surface area contributed by atoms with Crippen LogP contribution in [0.2, 0.25) is 0 Å². The summed E-state index contributed by atoms with van der Waals surface area (Å²) < 4.78 is 0. The Bertz CT molecular complexity index is 174. The number of aliphatic hydroxyl groups is 1. The molecule has 0 heterocycles. The zero-order valence-electron chi connectivity index (χ0n) is 5.83. The molecule has 1 fully saturated rings. The Hall–Kier alpha value is -0.700. The van der Waals surface area contributed by atoms with E-state index in [1.807, 2.05) is 0 Å². The van der Waals surface area contributed by atoms with Gasteiger partial charge in [-0.3, -0.25) is 9.59 Å². The van der Waals surface area contributed by atoms with Crippen molar-refractivity contribution in [1.82, 2.24) is 0 Å². The van der Waals surface area contributed by atoms with Gasteiger partial charge in [-0.1, -0.05) is 6.92 Å². The summed E-state index contributed by atoms with van der Waals surface area (Å²) in [6, 6.07) is 0. The highest BCUT2D eigenvalue weighted by Crippen LogP contribution is 2.20. The summed E-state index contributed by atoms with van der Waals surface area (Å²) in [5.74, 6) is -0.928. The Balaban J connectivity index is 2.74. The third-order valence-corrected chi connectivity index (χ3v) is 1.86. The van der Waals surface area contributed by atoms with Crippen LogP contribution in [0.25, 0.3) is 0 Å². The molecule has 0 aliphatic heterocycles. The first-order valence-corrected chi connectivity index (χ1v) is 3.41. The summed E-state index contributed by atoms with van der Waals surface area (Å²) in [4.78, 5) is 21.7. The lowest BCUT2D eigenvalue weighted by Gasteiger charge is -1.99. The molecule has 3 heteroatoms. The summed E-state index contributed by atoms with van der Waals surface area (Å²) >= 11 is 0. The van der Waals surface area contributed by atoms with Crippen LogP contribution in [0, 0.1) is 5.92 Å². The lowest BCUT2D eigenvalue weighted by Crippen LogP contribution is -2.18. The lowest BCUT2D eigenvalue weighted by molar-refractivity contribution is -0.129. The van der Waals surface area contributed by atoms with Crippen molar-refractivity contribution in [2.45, 2.75) is 25.9 Å². The van der Waals surface area contributed by atoms with Crippen LogP contribution >= 0.6 is 0 Å². The minimum atomic E-state index is -1.02. The topological polar surface area (TPSA) is 54.4 Å². The van der Waals surface area contributed by atoms with E-state index in [2.05, 4.69) is 0 Å². The second kappa shape index (κ2) is 2.50. The lowest BCUT2D eigenvalue weighted by atomic mass is 10.0. The molecule has 56 valence electrons. The van der Waals surface area contributed by atoms with Gasteiger partial charge in [-0.25, -0.2) is 0 Å². The largest absolute Gasteiger partial charge is 0.385 e. The van der Waals surface area contributed by atoms with E-state index in [0.717, 1.165) is 0 Å². The normalized spacial score (nSPS) is 33.4. The van der Waals surface area contributed by atoms with E-state index in [0.29, 0.717) is 6.42 Å². The number of Topliss-reactive ketones (excluding diaryl/α,β-unsaturated/α-hetero) is 2. The van der Waals surface area contributed by atoms with Crippen molar-refractivity contribution in [3.8, 4) is 0 Å². The maximum atomic E-state index is 10.9. The summed E-state index contributed by atoms with van der Waals surface area (Å²) in [7, 11) is 0. The summed E-state index contributed by atoms with van der Waals surface area (Å²) in [6.07, 6.45) is -0.469. The predicted octanol–water partition coefficient (Wildman–Crippen LogP) is -0.0846. The van der Waals surface area contributed by atoms with Crippen molar-refractivity contribution < 1.29 is 14.7 Å². The average molecular weight is 142 g/mol. The van der Waals surface area contributed by atoms with Crippen LogP contribution in [-0.4, -0.2) is 22.8 Å². The van der Waals surface area contributed by atoms with Gasteiger partial charge in [-0.05, 0) is 6.42 Å². The molecular formula is C7H10O3. The van der Waals surface area contributed by atoms with Crippen molar-refractivity contribution in [3.05, 3.63) is 0 Å². The fourth-order valence-corrected chi connectivity index (χ4v) is 1.25. The third kappa shape index (κ3) is 0.968. The molecular weight excluding hydrogens is 132 g/mol. The number of rotatable bonds is 1. The van der Waals surface area contributed by atoms with Gasteiger partial charge in [0, 0.05) is 6.42 Å². The molecule has 0 saturated heterocycles. The summed E-state index contributed by atoms with van der Waals surface area (Å²) in [5, 5.41) is 8.90. The summed E-state index contributed by atoms with van der Waals surface area (Å²) in [6.45, 7) is 1.78. The second-order valence-electron chi connectivity index (χ2n) is 2.55. The highest BCUT2D eigenvalue weighted by Gasteiger charge is 2.38. The number of hydrogen-bond donors (Lipinski definition) is 1. The van der Waals surface area contributed by atoms with Gasteiger partial charge in [-0.2, -0.15) is 0 Å². The van der Waals surface area contributed by atoms with E-state index in [1.54, 1.807) is 6.92 Å². The number of hydrogen-bond acceptors (Lipinski definition) is 3. The Kier molecular flexibility index (Phi) is 1.85. The molecule has 1 rings (SSSR count). The van der Waals surface area contributed by atoms with Gasteiger partial charge in [0.1, 0.15) is 11.9 Å². The van der Waals surface area contributed by atoms with E-state index >= 15 is 0 Å². The smallest absolute Gasteiger partial charge is 0.172 e. The maximum absolute atomic E-state index is 10.9. The average Bonchev–Trinajstić information content (AvgIpc) is 2.09. The minimum Gasteiger partial charge on any atom is -0.385 e. The van der Waals surface area contributed by atoms with Gasteiger partial charge in [0.25, 0.3) is 0 Å². The van der Waals surface area contributed by atoms with Crippen molar-refractivity contribution in [1.29, 1.82) is 0 Å². The number of carbonyl (C=O) groups excluding carboxylic acids is 2. The highest BCUT2D eigenvalue weighted by molar-refractivity contribution is 6.11. The SMILES string of the molecule is CCC1C(=O)CC(O)C1=O. The number of carbonyl (C=O) groups is 2. The maximum Gasteiger partial charge on any atom is 0.172 e. The Morgan fingerprint density at radius 1 is 1.60 bits per heavy atom. The fourth-order valence-electron chi connectivity index (χ4n) is 1.25. The van der Waals surface area contributed by atoms with Crippen LogP contribution in [-0.2, 0) is 9.59 Å². The van der Waals surface area contributed by atoms with Crippen molar-refractivity contribution in [2.24, 2.45) is 5.92 Å². The number of aliphatic hydroxyl groups excluding tert-OH is 1. The first-order valence-electron chi connectivity index (χ1n) is 3.41. The fraction of sp³-hybridized carbons (Fsp3) is 0.714. The molecule has 0 aromatic rings.